The summed E-state index contributed by atoms with van der Waals surface area (Å²) in [5, 5.41) is 0. The van der Waals surface area contributed by atoms with Gasteiger partial charge in [-0.3, -0.25) is 4.79 Å². The third-order valence-corrected chi connectivity index (χ3v) is 6.02. The standard InChI is InChI=1S/C20H24NO3/c1-21(2)10-7-13-11-16(23-3)19(24-4)18-17(13)15(21)12-20(18)8-5-14(22)6-9-20/h5-6,8-9,11,15H,7,10,12H2,1-4H3/q+1/t15-/m1/s1. The first-order valence-electron chi connectivity index (χ1n) is 8.45. The molecule has 0 saturated heterocycles. The van der Waals surface area contributed by atoms with Crippen LogP contribution in [0.2, 0.25) is 0 Å². The van der Waals surface area contributed by atoms with E-state index >= 15 is 0 Å². The Morgan fingerprint density at radius 3 is 2.50 bits per heavy atom. The highest BCUT2D eigenvalue weighted by atomic mass is 16.5. The van der Waals surface area contributed by atoms with Crippen molar-refractivity contribution in [3.8, 4) is 11.5 Å². The van der Waals surface area contributed by atoms with Gasteiger partial charge in [0.15, 0.2) is 17.3 Å². The highest BCUT2D eigenvalue weighted by molar-refractivity contribution is 6.01. The number of likely N-dealkylation sites (N-methyl/N-ethyl adjacent to an activating group) is 1. The number of quaternary nitrogens is 1. The van der Waals surface area contributed by atoms with Crippen molar-refractivity contribution in [2.24, 2.45) is 0 Å². The molecule has 1 atom stereocenters. The number of hydrogen-bond donors (Lipinski definition) is 0. The van der Waals surface area contributed by atoms with E-state index in [2.05, 4.69) is 32.3 Å². The van der Waals surface area contributed by atoms with E-state index in [1.807, 2.05) is 0 Å². The number of fused-ring (bicyclic) bond motifs is 1. The smallest absolute Gasteiger partial charge is 0.178 e. The average Bonchev–Trinajstić information content (AvgIpc) is 2.91. The molecule has 0 aromatic heterocycles. The van der Waals surface area contributed by atoms with Gasteiger partial charge < -0.3 is 14.0 Å². The minimum absolute atomic E-state index is 0.0522. The Balaban J connectivity index is 2.04. The van der Waals surface area contributed by atoms with Gasteiger partial charge in [-0.1, -0.05) is 12.2 Å². The molecule has 0 amide bonds. The van der Waals surface area contributed by atoms with E-state index in [0.29, 0.717) is 6.04 Å². The Morgan fingerprint density at radius 1 is 1.17 bits per heavy atom. The van der Waals surface area contributed by atoms with Gasteiger partial charge in [-0.15, -0.1) is 0 Å². The number of carbonyl (C=O) groups excluding carboxylic acids is 1. The van der Waals surface area contributed by atoms with Crippen LogP contribution >= 0.6 is 0 Å². The molecule has 4 nitrogen and oxygen atoms in total. The molecule has 1 aromatic rings. The number of rotatable bonds is 2. The molecule has 3 aliphatic rings. The lowest BCUT2D eigenvalue weighted by Gasteiger charge is -2.41. The molecule has 126 valence electrons. The predicted octanol–water partition coefficient (Wildman–Crippen LogP) is 2.71. The molecule has 1 heterocycles. The number of benzene rings is 1. The second-order valence-corrected chi connectivity index (χ2v) is 7.64. The van der Waals surface area contributed by atoms with E-state index in [4.69, 9.17) is 9.47 Å². The van der Waals surface area contributed by atoms with E-state index in [-0.39, 0.29) is 11.2 Å². The van der Waals surface area contributed by atoms with Gasteiger partial charge in [0.1, 0.15) is 6.04 Å². The minimum Gasteiger partial charge on any atom is -0.493 e. The maximum absolute atomic E-state index is 11.7. The van der Waals surface area contributed by atoms with Crippen molar-refractivity contribution in [3.63, 3.8) is 0 Å². The molecule has 0 N–H and O–H groups in total. The summed E-state index contributed by atoms with van der Waals surface area (Å²) in [6.45, 7) is 1.11. The molecular formula is C20H24NO3+. The van der Waals surface area contributed by atoms with E-state index in [1.165, 1.54) is 16.7 Å². The first kappa shape index (κ1) is 15.5. The predicted molar refractivity (Wildman–Crippen MR) is 92.5 cm³/mol. The number of allylic oxidation sites excluding steroid dienone is 4. The highest BCUT2D eigenvalue weighted by Gasteiger charge is 2.53. The molecule has 1 aliphatic heterocycles. The van der Waals surface area contributed by atoms with Crippen molar-refractivity contribution >= 4 is 5.78 Å². The molecular weight excluding hydrogens is 302 g/mol. The van der Waals surface area contributed by atoms with E-state index in [0.717, 1.165) is 35.4 Å². The summed E-state index contributed by atoms with van der Waals surface area (Å²) >= 11 is 0. The maximum atomic E-state index is 11.7. The highest BCUT2D eigenvalue weighted by Crippen LogP contribution is 2.59. The van der Waals surface area contributed by atoms with Crippen LogP contribution in [0.5, 0.6) is 11.5 Å². The van der Waals surface area contributed by atoms with Crippen molar-refractivity contribution < 1.29 is 18.8 Å². The molecule has 4 rings (SSSR count). The van der Waals surface area contributed by atoms with E-state index < -0.39 is 0 Å². The third-order valence-electron chi connectivity index (χ3n) is 6.02. The molecule has 1 aromatic carbocycles. The summed E-state index contributed by atoms with van der Waals surface area (Å²) in [5.41, 5.74) is 3.67. The fourth-order valence-corrected chi connectivity index (χ4v) is 4.67. The number of methoxy groups -OCH3 is 2. The molecule has 0 bridgehead atoms. The van der Waals surface area contributed by atoms with Gasteiger partial charge in [0.05, 0.1) is 34.9 Å². The second-order valence-electron chi connectivity index (χ2n) is 7.64. The van der Waals surface area contributed by atoms with Crippen LogP contribution in [0, 0.1) is 0 Å². The zero-order chi connectivity index (χ0) is 17.1. The Kier molecular flexibility index (Phi) is 3.20. The first-order chi connectivity index (χ1) is 11.4. The molecule has 4 heteroatoms. The molecule has 0 unspecified atom stereocenters. The van der Waals surface area contributed by atoms with Gasteiger partial charge in [-0.2, -0.15) is 0 Å². The summed E-state index contributed by atoms with van der Waals surface area (Å²) in [6, 6.07) is 2.55. The zero-order valence-corrected chi connectivity index (χ0v) is 14.8. The largest absolute Gasteiger partial charge is 0.493 e. The normalized spacial score (nSPS) is 25.0. The molecule has 0 radical (unpaired) electrons. The summed E-state index contributed by atoms with van der Waals surface area (Å²) < 4.78 is 12.4. The fourth-order valence-electron chi connectivity index (χ4n) is 4.67. The third kappa shape index (κ3) is 1.92. The zero-order valence-electron chi connectivity index (χ0n) is 14.8. The van der Waals surface area contributed by atoms with Gasteiger partial charge in [0.2, 0.25) is 0 Å². The van der Waals surface area contributed by atoms with Crippen molar-refractivity contribution in [2.45, 2.75) is 24.3 Å². The van der Waals surface area contributed by atoms with Crippen LogP contribution in [0.25, 0.3) is 0 Å². The van der Waals surface area contributed by atoms with Crippen molar-refractivity contribution in [2.75, 3.05) is 34.9 Å². The lowest BCUT2D eigenvalue weighted by atomic mass is 9.77. The molecule has 0 fully saturated rings. The Hall–Kier alpha value is -2.07. The summed E-state index contributed by atoms with van der Waals surface area (Å²) in [4.78, 5) is 11.7. The van der Waals surface area contributed by atoms with Crippen LogP contribution < -0.4 is 9.47 Å². The van der Waals surface area contributed by atoms with Gasteiger partial charge in [0, 0.05) is 29.4 Å². The van der Waals surface area contributed by atoms with Crippen molar-refractivity contribution in [1.29, 1.82) is 0 Å². The van der Waals surface area contributed by atoms with E-state index in [9.17, 15) is 4.79 Å². The van der Waals surface area contributed by atoms with Crippen LogP contribution in [0.15, 0.2) is 30.4 Å². The van der Waals surface area contributed by atoms with Crippen molar-refractivity contribution in [3.05, 3.63) is 47.1 Å². The van der Waals surface area contributed by atoms with Gasteiger partial charge in [0.25, 0.3) is 0 Å². The number of hydrogen-bond acceptors (Lipinski definition) is 3. The number of carbonyl (C=O) groups is 1. The lowest BCUT2D eigenvalue weighted by molar-refractivity contribution is -0.923. The van der Waals surface area contributed by atoms with Gasteiger partial charge in [-0.25, -0.2) is 0 Å². The molecule has 24 heavy (non-hydrogen) atoms. The number of ether oxygens (including phenoxy) is 2. The van der Waals surface area contributed by atoms with Crippen LogP contribution in [0.1, 0.15) is 29.2 Å². The SMILES string of the molecule is COc1cc2c3c(c1OC)C1(C=CC(=O)C=C1)C[C@H]3[N+](C)(C)CC2. The second kappa shape index (κ2) is 4.96. The Labute approximate surface area is 143 Å². The maximum Gasteiger partial charge on any atom is 0.178 e. The monoisotopic (exact) mass is 326 g/mol. The Bertz CT molecular complexity index is 773. The van der Waals surface area contributed by atoms with Crippen molar-refractivity contribution in [1.82, 2.24) is 0 Å². The van der Waals surface area contributed by atoms with Crippen LogP contribution in [-0.4, -0.2) is 45.1 Å². The number of ketones is 1. The summed E-state index contributed by atoms with van der Waals surface area (Å²) in [5.74, 6) is 1.65. The topological polar surface area (TPSA) is 35.5 Å². The number of nitrogens with zero attached hydrogens (tertiary/aromatic N) is 1. The van der Waals surface area contributed by atoms with Gasteiger partial charge >= 0.3 is 0 Å². The lowest BCUT2D eigenvalue weighted by Crippen LogP contribution is -2.47. The van der Waals surface area contributed by atoms with E-state index in [1.54, 1.807) is 26.4 Å². The van der Waals surface area contributed by atoms with Gasteiger partial charge in [-0.05, 0) is 23.8 Å². The molecule has 2 aliphatic carbocycles. The summed E-state index contributed by atoms with van der Waals surface area (Å²) in [6.07, 6.45) is 9.52. The average molecular weight is 326 g/mol. The quantitative estimate of drug-likeness (QED) is 0.784. The first-order valence-corrected chi connectivity index (χ1v) is 8.45. The van der Waals surface area contributed by atoms with Crippen LogP contribution in [0.3, 0.4) is 0 Å². The Morgan fingerprint density at radius 2 is 1.88 bits per heavy atom. The summed E-state index contributed by atoms with van der Waals surface area (Å²) in [7, 11) is 7.99. The minimum atomic E-state index is -0.275. The molecule has 0 saturated carbocycles. The fraction of sp³-hybridized carbons (Fsp3) is 0.450. The van der Waals surface area contributed by atoms with Crippen LogP contribution in [0.4, 0.5) is 0 Å². The van der Waals surface area contributed by atoms with Crippen LogP contribution in [-0.2, 0) is 16.6 Å². The molecule has 1 spiro atoms.